The first kappa shape index (κ1) is 11.7. The molecule has 1 aromatic carbocycles. The van der Waals surface area contributed by atoms with Crippen molar-refractivity contribution in [2.45, 2.75) is 13.5 Å². The van der Waals surface area contributed by atoms with Gasteiger partial charge in [-0.2, -0.15) is 0 Å². The topological polar surface area (TPSA) is 25.2 Å². The Kier molecular flexibility index (Phi) is 3.71. The van der Waals surface area contributed by atoms with Crippen molar-refractivity contribution in [2.24, 2.45) is 0 Å². The first-order valence-electron chi connectivity index (χ1n) is 4.89. The van der Waals surface area contributed by atoms with E-state index >= 15 is 0 Å². The first-order valence-corrected chi connectivity index (χ1v) is 6.48. The van der Waals surface area contributed by atoms with Gasteiger partial charge in [-0.3, -0.25) is 0 Å². The molecular formula is C12H11Br2NO. The maximum absolute atomic E-state index is 5.41. The quantitative estimate of drug-likeness (QED) is 0.871. The maximum Gasteiger partial charge on any atom is 0.169 e. The number of hydrogen-bond acceptors (Lipinski definition) is 2. The van der Waals surface area contributed by atoms with E-state index in [9.17, 15) is 0 Å². The smallest absolute Gasteiger partial charge is 0.169 e. The fraction of sp³-hybridized carbons (Fsp3) is 0.167. The Balaban J connectivity index is 2.04. The lowest BCUT2D eigenvalue weighted by Gasteiger charge is -2.08. The van der Waals surface area contributed by atoms with Crippen LogP contribution in [0.15, 0.2) is 43.9 Å². The van der Waals surface area contributed by atoms with Gasteiger partial charge in [0.25, 0.3) is 0 Å². The van der Waals surface area contributed by atoms with Gasteiger partial charge in [-0.25, -0.2) is 0 Å². The predicted molar refractivity (Wildman–Crippen MR) is 72.6 cm³/mol. The molecule has 0 amide bonds. The lowest BCUT2D eigenvalue weighted by Crippen LogP contribution is -1.99. The minimum atomic E-state index is 0.689. The third kappa shape index (κ3) is 2.89. The fourth-order valence-electron chi connectivity index (χ4n) is 1.45. The van der Waals surface area contributed by atoms with Crippen LogP contribution >= 0.6 is 31.9 Å². The second-order valence-corrected chi connectivity index (χ2v) is 5.22. The summed E-state index contributed by atoms with van der Waals surface area (Å²) >= 11 is 6.72. The number of aryl methyl sites for hydroxylation is 1. The van der Waals surface area contributed by atoms with E-state index in [0.717, 1.165) is 20.6 Å². The minimum Gasteiger partial charge on any atom is -0.452 e. The molecule has 2 aromatic rings. The summed E-state index contributed by atoms with van der Waals surface area (Å²) in [5.74, 6) is 0.911. The third-order valence-electron chi connectivity index (χ3n) is 2.27. The molecule has 0 aliphatic carbocycles. The van der Waals surface area contributed by atoms with Crippen LogP contribution in [0.4, 0.5) is 5.69 Å². The monoisotopic (exact) mass is 343 g/mol. The van der Waals surface area contributed by atoms with Crippen LogP contribution in [-0.2, 0) is 6.54 Å². The molecule has 2 nitrogen and oxygen atoms in total. The van der Waals surface area contributed by atoms with Crippen molar-refractivity contribution < 1.29 is 4.42 Å². The minimum absolute atomic E-state index is 0.689. The number of anilines is 1. The van der Waals surface area contributed by atoms with Crippen molar-refractivity contribution in [1.82, 2.24) is 0 Å². The van der Waals surface area contributed by atoms with Crippen molar-refractivity contribution in [3.8, 4) is 0 Å². The molecule has 16 heavy (non-hydrogen) atoms. The fourth-order valence-corrected chi connectivity index (χ4v) is 2.27. The van der Waals surface area contributed by atoms with Gasteiger partial charge in [0.05, 0.1) is 6.54 Å². The lowest BCUT2D eigenvalue weighted by atomic mass is 10.2. The van der Waals surface area contributed by atoms with Gasteiger partial charge in [-0.05, 0) is 58.7 Å². The SMILES string of the molecule is Cc1cc(Br)ccc1NCc1ccc(Br)o1. The molecule has 2 rings (SSSR count). The Morgan fingerprint density at radius 2 is 2.00 bits per heavy atom. The largest absolute Gasteiger partial charge is 0.452 e. The Bertz CT molecular complexity index is 494. The second-order valence-electron chi connectivity index (χ2n) is 3.52. The normalized spacial score (nSPS) is 10.4. The van der Waals surface area contributed by atoms with E-state index < -0.39 is 0 Å². The molecule has 84 valence electrons. The summed E-state index contributed by atoms with van der Waals surface area (Å²) in [7, 11) is 0. The van der Waals surface area contributed by atoms with E-state index in [1.54, 1.807) is 0 Å². The van der Waals surface area contributed by atoms with Gasteiger partial charge < -0.3 is 9.73 Å². The number of nitrogens with one attached hydrogen (secondary N) is 1. The van der Waals surface area contributed by atoms with Gasteiger partial charge in [0.1, 0.15) is 5.76 Å². The van der Waals surface area contributed by atoms with E-state index in [4.69, 9.17) is 4.42 Å². The summed E-state index contributed by atoms with van der Waals surface area (Å²) in [6.45, 7) is 2.76. The highest BCUT2D eigenvalue weighted by atomic mass is 79.9. The second kappa shape index (κ2) is 5.06. The Hall–Kier alpha value is -0.740. The van der Waals surface area contributed by atoms with Gasteiger partial charge in [0.2, 0.25) is 0 Å². The van der Waals surface area contributed by atoms with Crippen LogP contribution in [0.1, 0.15) is 11.3 Å². The molecule has 1 N–H and O–H groups in total. The molecule has 0 aliphatic rings. The molecule has 0 saturated heterocycles. The molecule has 1 heterocycles. The van der Waals surface area contributed by atoms with Crippen LogP contribution in [0.3, 0.4) is 0 Å². The molecule has 0 atom stereocenters. The third-order valence-corrected chi connectivity index (χ3v) is 3.19. The van der Waals surface area contributed by atoms with Crippen LogP contribution < -0.4 is 5.32 Å². The highest BCUT2D eigenvalue weighted by Gasteiger charge is 2.01. The summed E-state index contributed by atoms with van der Waals surface area (Å²) in [6, 6.07) is 10.0. The average molecular weight is 345 g/mol. The van der Waals surface area contributed by atoms with Gasteiger partial charge in [-0.15, -0.1) is 0 Å². The van der Waals surface area contributed by atoms with E-state index in [1.165, 1.54) is 5.56 Å². The number of furan rings is 1. The van der Waals surface area contributed by atoms with Crippen molar-refractivity contribution in [3.05, 3.63) is 50.8 Å². The van der Waals surface area contributed by atoms with Crippen molar-refractivity contribution in [2.75, 3.05) is 5.32 Å². The van der Waals surface area contributed by atoms with Gasteiger partial charge in [0, 0.05) is 10.2 Å². The molecule has 4 heteroatoms. The van der Waals surface area contributed by atoms with Gasteiger partial charge in [-0.1, -0.05) is 15.9 Å². The number of halogens is 2. The first-order chi connectivity index (χ1) is 7.65. The number of benzene rings is 1. The predicted octanol–water partition coefficient (Wildman–Crippen LogP) is 4.73. The van der Waals surface area contributed by atoms with Gasteiger partial charge >= 0.3 is 0 Å². The molecule has 0 unspecified atom stereocenters. The van der Waals surface area contributed by atoms with Crippen molar-refractivity contribution in [1.29, 1.82) is 0 Å². The van der Waals surface area contributed by atoms with E-state index in [-0.39, 0.29) is 0 Å². The standard InChI is InChI=1S/C12H11Br2NO/c1-8-6-9(13)2-4-11(8)15-7-10-3-5-12(14)16-10/h2-6,15H,7H2,1H3. The highest BCUT2D eigenvalue weighted by Crippen LogP contribution is 2.21. The van der Waals surface area contributed by atoms with E-state index in [2.05, 4.69) is 56.2 Å². The molecule has 0 bridgehead atoms. The van der Waals surface area contributed by atoms with E-state index in [1.807, 2.05) is 18.2 Å². The van der Waals surface area contributed by atoms with Crippen LogP contribution in [0.5, 0.6) is 0 Å². The Labute approximate surface area is 111 Å². The zero-order valence-corrected chi connectivity index (χ0v) is 11.9. The molecule has 0 spiro atoms. The van der Waals surface area contributed by atoms with Gasteiger partial charge in [0.15, 0.2) is 4.67 Å². The molecule has 1 aromatic heterocycles. The maximum atomic E-state index is 5.41. The van der Waals surface area contributed by atoms with Crippen molar-refractivity contribution in [3.63, 3.8) is 0 Å². The van der Waals surface area contributed by atoms with Crippen molar-refractivity contribution >= 4 is 37.5 Å². The molecule has 0 saturated carbocycles. The van der Waals surface area contributed by atoms with E-state index in [0.29, 0.717) is 6.54 Å². The average Bonchev–Trinajstić information content (AvgIpc) is 2.63. The summed E-state index contributed by atoms with van der Waals surface area (Å²) in [6.07, 6.45) is 0. The zero-order valence-electron chi connectivity index (χ0n) is 8.76. The van der Waals surface area contributed by atoms with Crippen LogP contribution in [0, 0.1) is 6.92 Å². The lowest BCUT2D eigenvalue weighted by molar-refractivity contribution is 0.495. The van der Waals surface area contributed by atoms with Crippen LogP contribution in [0.25, 0.3) is 0 Å². The summed E-state index contributed by atoms with van der Waals surface area (Å²) < 4.78 is 7.27. The molecule has 0 fully saturated rings. The van der Waals surface area contributed by atoms with Crippen LogP contribution in [0.2, 0.25) is 0 Å². The highest BCUT2D eigenvalue weighted by molar-refractivity contribution is 9.10. The Morgan fingerprint density at radius 3 is 2.62 bits per heavy atom. The molecule has 0 aliphatic heterocycles. The molecular weight excluding hydrogens is 334 g/mol. The summed E-state index contributed by atoms with van der Waals surface area (Å²) in [5.41, 5.74) is 2.33. The number of rotatable bonds is 3. The number of hydrogen-bond donors (Lipinski definition) is 1. The summed E-state index contributed by atoms with van der Waals surface area (Å²) in [4.78, 5) is 0. The zero-order chi connectivity index (χ0) is 11.5. The summed E-state index contributed by atoms with van der Waals surface area (Å²) in [5, 5.41) is 3.33. The van der Waals surface area contributed by atoms with Crippen LogP contribution in [-0.4, -0.2) is 0 Å². The molecule has 0 radical (unpaired) electrons. The Morgan fingerprint density at radius 1 is 1.19 bits per heavy atom.